The van der Waals surface area contributed by atoms with Crippen LogP contribution < -0.4 is 0 Å². The summed E-state index contributed by atoms with van der Waals surface area (Å²) >= 11 is 0. The molecule has 1 aliphatic rings. The molecule has 2 heterocycles. The Morgan fingerprint density at radius 2 is 1.48 bits per heavy atom. The van der Waals surface area contributed by atoms with Gasteiger partial charge < -0.3 is 0 Å². The molecule has 1 unspecified atom stereocenters. The molecular weight excluding hydrogens is 412 g/mol. The van der Waals surface area contributed by atoms with E-state index in [-0.39, 0.29) is 36.0 Å². The normalized spacial score (nSPS) is 18.1. The molecule has 0 N–H and O–H groups in total. The third-order valence-electron chi connectivity index (χ3n) is 5.70. The van der Waals surface area contributed by atoms with E-state index < -0.39 is 20.0 Å². The third kappa shape index (κ3) is 4.11. The number of rotatable bonds is 6. The lowest BCUT2D eigenvalue weighted by Crippen LogP contribution is -2.50. The Hall–Kier alpha value is -1.75. The lowest BCUT2D eigenvalue weighted by molar-refractivity contribution is 0.272. The van der Waals surface area contributed by atoms with Crippen molar-refractivity contribution in [1.29, 1.82) is 0 Å². The smallest absolute Gasteiger partial charge is 0.246 e. The van der Waals surface area contributed by atoms with Gasteiger partial charge in [0.15, 0.2) is 0 Å². The molecule has 10 heteroatoms. The molecule has 2 aromatic rings. The van der Waals surface area contributed by atoms with Gasteiger partial charge in [-0.3, -0.25) is 4.68 Å². The van der Waals surface area contributed by atoms with Gasteiger partial charge in [0.1, 0.15) is 4.90 Å². The first-order chi connectivity index (χ1) is 13.6. The van der Waals surface area contributed by atoms with Crippen molar-refractivity contribution in [1.82, 2.24) is 18.4 Å². The van der Waals surface area contributed by atoms with Crippen molar-refractivity contribution in [3.05, 3.63) is 41.7 Å². The average molecular weight is 441 g/mol. The van der Waals surface area contributed by atoms with Crippen molar-refractivity contribution in [2.24, 2.45) is 7.05 Å². The summed E-state index contributed by atoms with van der Waals surface area (Å²) in [7, 11) is -5.66. The fourth-order valence-electron chi connectivity index (χ4n) is 3.37. The first-order valence-electron chi connectivity index (χ1n) is 9.68. The summed E-state index contributed by atoms with van der Waals surface area (Å²) in [5.74, 6) is 0.372. The van der Waals surface area contributed by atoms with Crippen LogP contribution in [0.25, 0.3) is 0 Å². The van der Waals surface area contributed by atoms with E-state index in [0.29, 0.717) is 11.6 Å². The van der Waals surface area contributed by atoms with Crippen molar-refractivity contribution in [2.75, 3.05) is 26.2 Å². The predicted molar refractivity (Wildman–Crippen MR) is 111 cm³/mol. The number of piperazine rings is 1. The summed E-state index contributed by atoms with van der Waals surface area (Å²) in [5.41, 5.74) is 1.66. The maximum Gasteiger partial charge on any atom is 0.246 e. The molecule has 0 radical (unpaired) electrons. The van der Waals surface area contributed by atoms with Crippen molar-refractivity contribution in [2.45, 2.75) is 42.9 Å². The number of aryl methyl sites for hydroxylation is 1. The molecule has 29 heavy (non-hydrogen) atoms. The molecule has 0 bridgehead atoms. The summed E-state index contributed by atoms with van der Waals surface area (Å²) in [6, 6.07) is 6.98. The molecule has 0 aliphatic carbocycles. The number of sulfonamides is 2. The van der Waals surface area contributed by atoms with E-state index in [1.54, 1.807) is 26.1 Å². The molecule has 0 saturated carbocycles. The van der Waals surface area contributed by atoms with Crippen molar-refractivity contribution in [3.8, 4) is 0 Å². The molecule has 1 saturated heterocycles. The van der Waals surface area contributed by atoms with Crippen LogP contribution >= 0.6 is 0 Å². The highest BCUT2D eigenvalue weighted by Gasteiger charge is 2.35. The van der Waals surface area contributed by atoms with E-state index >= 15 is 0 Å². The molecule has 8 nitrogen and oxygen atoms in total. The second-order valence-corrected chi connectivity index (χ2v) is 11.2. The molecule has 1 aromatic heterocycles. The first kappa shape index (κ1) is 21.9. The Labute approximate surface area is 173 Å². The van der Waals surface area contributed by atoms with Gasteiger partial charge in [-0.1, -0.05) is 26.0 Å². The van der Waals surface area contributed by atoms with E-state index in [9.17, 15) is 16.8 Å². The Bertz CT molecular complexity index is 1070. The van der Waals surface area contributed by atoms with Gasteiger partial charge in [0.2, 0.25) is 20.0 Å². The van der Waals surface area contributed by atoms with Gasteiger partial charge in [-0.15, -0.1) is 0 Å². The maximum absolute atomic E-state index is 13.0. The number of hydrogen-bond acceptors (Lipinski definition) is 5. The first-order valence-corrected chi connectivity index (χ1v) is 12.6. The Morgan fingerprint density at radius 3 is 1.93 bits per heavy atom. The van der Waals surface area contributed by atoms with Crippen LogP contribution in [-0.4, -0.2) is 61.4 Å². The highest BCUT2D eigenvalue weighted by Crippen LogP contribution is 2.25. The molecule has 0 spiro atoms. The Balaban J connectivity index is 1.73. The van der Waals surface area contributed by atoms with Gasteiger partial charge in [0.25, 0.3) is 0 Å². The van der Waals surface area contributed by atoms with Crippen LogP contribution in [0.15, 0.2) is 40.3 Å². The molecule has 1 atom stereocenters. The number of benzene rings is 1. The molecule has 1 fully saturated rings. The van der Waals surface area contributed by atoms with Gasteiger partial charge in [-0.25, -0.2) is 16.8 Å². The fraction of sp³-hybridized carbons (Fsp3) is 0.526. The molecular formula is C19H28N4O4S2. The third-order valence-corrected chi connectivity index (χ3v) is 9.62. The van der Waals surface area contributed by atoms with E-state index in [0.717, 1.165) is 12.0 Å². The van der Waals surface area contributed by atoms with E-state index in [1.165, 1.54) is 19.5 Å². The van der Waals surface area contributed by atoms with Crippen LogP contribution in [0, 0.1) is 6.92 Å². The Kier molecular flexibility index (Phi) is 6.19. The second kappa shape index (κ2) is 8.17. The van der Waals surface area contributed by atoms with Crippen LogP contribution in [0.1, 0.15) is 37.4 Å². The van der Waals surface area contributed by atoms with E-state index in [1.807, 2.05) is 12.1 Å². The average Bonchev–Trinajstić information content (AvgIpc) is 3.06. The van der Waals surface area contributed by atoms with Crippen LogP contribution in [-0.2, 0) is 27.1 Å². The zero-order chi connectivity index (χ0) is 21.4. The quantitative estimate of drug-likeness (QED) is 0.684. The molecule has 1 aromatic carbocycles. The van der Waals surface area contributed by atoms with E-state index in [4.69, 9.17) is 0 Å². The molecule has 3 rings (SSSR count). The molecule has 0 amide bonds. The minimum absolute atomic E-state index is 0.112. The molecule has 1 aliphatic heterocycles. The van der Waals surface area contributed by atoms with Crippen LogP contribution in [0.5, 0.6) is 0 Å². The van der Waals surface area contributed by atoms with Gasteiger partial charge in [0, 0.05) is 33.2 Å². The van der Waals surface area contributed by atoms with Crippen LogP contribution in [0.4, 0.5) is 0 Å². The van der Waals surface area contributed by atoms with Gasteiger partial charge in [-0.2, -0.15) is 13.7 Å². The largest absolute Gasteiger partial charge is 0.272 e. The summed E-state index contributed by atoms with van der Waals surface area (Å²) in [5, 5.41) is 4.00. The molecule has 160 valence electrons. The minimum atomic E-state index is -3.70. The zero-order valence-electron chi connectivity index (χ0n) is 17.2. The number of aromatic nitrogens is 2. The SMILES string of the molecule is CCC(C)c1ccc(S(=O)(=O)N2CCN(S(=O)(=O)c3cnn(C)c3C)CC2)cc1. The van der Waals surface area contributed by atoms with Gasteiger partial charge in [0.05, 0.1) is 16.8 Å². The number of hydrogen-bond donors (Lipinski definition) is 0. The van der Waals surface area contributed by atoms with Crippen molar-refractivity contribution in [3.63, 3.8) is 0 Å². The van der Waals surface area contributed by atoms with Crippen LogP contribution in [0.2, 0.25) is 0 Å². The second-order valence-electron chi connectivity index (χ2n) is 7.40. The maximum atomic E-state index is 13.0. The van der Waals surface area contributed by atoms with Crippen molar-refractivity contribution >= 4 is 20.0 Å². The topological polar surface area (TPSA) is 92.6 Å². The van der Waals surface area contributed by atoms with Gasteiger partial charge >= 0.3 is 0 Å². The Morgan fingerprint density at radius 1 is 0.966 bits per heavy atom. The van der Waals surface area contributed by atoms with E-state index in [2.05, 4.69) is 18.9 Å². The highest BCUT2D eigenvalue weighted by atomic mass is 32.2. The highest BCUT2D eigenvalue weighted by molar-refractivity contribution is 7.89. The van der Waals surface area contributed by atoms with Crippen molar-refractivity contribution < 1.29 is 16.8 Å². The predicted octanol–water partition coefficient (Wildman–Crippen LogP) is 1.94. The van der Waals surface area contributed by atoms with Crippen LogP contribution in [0.3, 0.4) is 0 Å². The minimum Gasteiger partial charge on any atom is -0.272 e. The lowest BCUT2D eigenvalue weighted by atomic mass is 9.99. The lowest BCUT2D eigenvalue weighted by Gasteiger charge is -2.33. The monoisotopic (exact) mass is 440 g/mol. The van der Waals surface area contributed by atoms with Gasteiger partial charge in [-0.05, 0) is 37.0 Å². The zero-order valence-corrected chi connectivity index (χ0v) is 18.9. The number of nitrogens with zero attached hydrogens (tertiary/aromatic N) is 4. The summed E-state index contributed by atoms with van der Waals surface area (Å²) in [6.07, 6.45) is 2.32. The standard InChI is InChI=1S/C19H28N4O4S2/c1-5-15(2)17-6-8-18(9-7-17)28(24,25)22-10-12-23(13-11-22)29(26,27)19-14-20-21(4)16(19)3/h6-9,14-15H,5,10-13H2,1-4H3. The summed E-state index contributed by atoms with van der Waals surface area (Å²) < 4.78 is 55.9. The summed E-state index contributed by atoms with van der Waals surface area (Å²) in [6.45, 7) is 6.36. The summed E-state index contributed by atoms with van der Waals surface area (Å²) in [4.78, 5) is 0.404. The fourth-order valence-corrected chi connectivity index (χ4v) is 6.40.